The Bertz CT molecular complexity index is 721. The van der Waals surface area contributed by atoms with Crippen molar-refractivity contribution in [1.29, 1.82) is 0 Å². The zero-order chi connectivity index (χ0) is 19.1. The molecule has 1 fully saturated rings. The molecule has 1 amide bonds. The molecule has 0 unspecified atom stereocenters. The molecule has 0 bridgehead atoms. The summed E-state index contributed by atoms with van der Waals surface area (Å²) in [7, 11) is 4.13. The summed E-state index contributed by atoms with van der Waals surface area (Å²) in [6.07, 6.45) is 2.26. The van der Waals surface area contributed by atoms with Crippen molar-refractivity contribution in [2.24, 2.45) is 0 Å². The SMILES string of the molecule is CN(C)Cc1cccc(CNC(=O)CN2CCC(c3ccccc3)CC2)c1. The van der Waals surface area contributed by atoms with E-state index in [9.17, 15) is 4.79 Å². The summed E-state index contributed by atoms with van der Waals surface area (Å²) in [4.78, 5) is 16.8. The van der Waals surface area contributed by atoms with Crippen molar-refractivity contribution in [3.8, 4) is 0 Å². The number of likely N-dealkylation sites (tertiary alicyclic amines) is 1. The van der Waals surface area contributed by atoms with Gasteiger partial charge in [-0.2, -0.15) is 0 Å². The molecule has 0 spiro atoms. The molecule has 0 aromatic heterocycles. The average Bonchev–Trinajstić information content (AvgIpc) is 2.67. The van der Waals surface area contributed by atoms with Gasteiger partial charge in [0.15, 0.2) is 0 Å². The molecule has 4 nitrogen and oxygen atoms in total. The Morgan fingerprint density at radius 1 is 1.04 bits per heavy atom. The number of piperidine rings is 1. The number of nitrogens with one attached hydrogen (secondary N) is 1. The minimum atomic E-state index is 0.117. The van der Waals surface area contributed by atoms with Crippen LogP contribution < -0.4 is 5.32 Å². The number of hydrogen-bond acceptors (Lipinski definition) is 3. The van der Waals surface area contributed by atoms with Crippen molar-refractivity contribution in [2.75, 3.05) is 33.7 Å². The van der Waals surface area contributed by atoms with E-state index in [-0.39, 0.29) is 5.91 Å². The summed E-state index contributed by atoms with van der Waals surface area (Å²) < 4.78 is 0. The van der Waals surface area contributed by atoms with E-state index in [1.165, 1.54) is 11.1 Å². The van der Waals surface area contributed by atoms with Gasteiger partial charge in [0.2, 0.25) is 5.91 Å². The highest BCUT2D eigenvalue weighted by atomic mass is 16.2. The second-order valence-electron chi connectivity index (χ2n) is 7.80. The van der Waals surface area contributed by atoms with Crippen LogP contribution in [0.25, 0.3) is 0 Å². The smallest absolute Gasteiger partial charge is 0.234 e. The first-order valence-corrected chi connectivity index (χ1v) is 9.86. The van der Waals surface area contributed by atoms with Crippen molar-refractivity contribution in [3.05, 3.63) is 71.3 Å². The molecule has 1 aliphatic rings. The number of carbonyl (C=O) groups is 1. The van der Waals surface area contributed by atoms with Gasteiger partial charge in [-0.3, -0.25) is 9.69 Å². The van der Waals surface area contributed by atoms with Gasteiger partial charge in [-0.25, -0.2) is 0 Å². The van der Waals surface area contributed by atoms with E-state index in [2.05, 4.69) is 83.8 Å². The molecule has 1 heterocycles. The number of rotatable bonds is 7. The van der Waals surface area contributed by atoms with Crippen molar-refractivity contribution < 1.29 is 4.79 Å². The van der Waals surface area contributed by atoms with Crippen molar-refractivity contribution >= 4 is 5.91 Å². The Morgan fingerprint density at radius 3 is 2.44 bits per heavy atom. The summed E-state index contributed by atoms with van der Waals surface area (Å²) in [6.45, 7) is 3.99. The molecule has 0 atom stereocenters. The lowest BCUT2D eigenvalue weighted by molar-refractivity contribution is -0.122. The van der Waals surface area contributed by atoms with Crippen molar-refractivity contribution in [2.45, 2.75) is 31.8 Å². The van der Waals surface area contributed by atoms with Gasteiger partial charge in [0.05, 0.1) is 6.54 Å². The van der Waals surface area contributed by atoms with Crippen LogP contribution in [0.5, 0.6) is 0 Å². The highest BCUT2D eigenvalue weighted by Crippen LogP contribution is 2.27. The molecule has 0 aliphatic carbocycles. The molecule has 3 rings (SSSR count). The molecule has 0 saturated carbocycles. The fourth-order valence-corrected chi connectivity index (χ4v) is 3.81. The van der Waals surface area contributed by atoms with E-state index in [0.717, 1.165) is 38.0 Å². The predicted molar refractivity (Wildman–Crippen MR) is 111 cm³/mol. The Balaban J connectivity index is 1.41. The molecule has 1 N–H and O–H groups in total. The molecule has 2 aromatic rings. The van der Waals surface area contributed by atoms with Gasteiger partial charge >= 0.3 is 0 Å². The molecule has 0 radical (unpaired) electrons. The van der Waals surface area contributed by atoms with E-state index in [1.54, 1.807) is 0 Å². The van der Waals surface area contributed by atoms with Crippen molar-refractivity contribution in [3.63, 3.8) is 0 Å². The van der Waals surface area contributed by atoms with Crippen LogP contribution in [0.4, 0.5) is 0 Å². The van der Waals surface area contributed by atoms with Gasteiger partial charge in [-0.1, -0.05) is 54.6 Å². The van der Waals surface area contributed by atoms with E-state index in [1.807, 2.05) is 0 Å². The Kier molecular flexibility index (Phi) is 7.02. The molecular formula is C23H31N3O. The first-order chi connectivity index (χ1) is 13.1. The van der Waals surface area contributed by atoms with Crippen LogP contribution in [-0.2, 0) is 17.9 Å². The number of hydrogen-bond donors (Lipinski definition) is 1. The lowest BCUT2D eigenvalue weighted by Crippen LogP contribution is -2.41. The van der Waals surface area contributed by atoms with E-state index < -0.39 is 0 Å². The zero-order valence-electron chi connectivity index (χ0n) is 16.5. The summed E-state index contributed by atoms with van der Waals surface area (Å²) in [5, 5.41) is 3.08. The first-order valence-electron chi connectivity index (χ1n) is 9.86. The van der Waals surface area contributed by atoms with Gasteiger partial charge in [-0.05, 0) is 62.6 Å². The van der Waals surface area contributed by atoms with Crippen LogP contribution in [0.1, 0.15) is 35.4 Å². The lowest BCUT2D eigenvalue weighted by Gasteiger charge is -2.31. The monoisotopic (exact) mass is 365 g/mol. The number of amides is 1. The van der Waals surface area contributed by atoms with Crippen LogP contribution in [0.15, 0.2) is 54.6 Å². The largest absolute Gasteiger partial charge is 0.351 e. The van der Waals surface area contributed by atoms with Crippen LogP contribution in [0, 0.1) is 0 Å². The van der Waals surface area contributed by atoms with Gasteiger partial charge in [0.1, 0.15) is 0 Å². The Hall–Kier alpha value is -2.17. The second-order valence-corrected chi connectivity index (χ2v) is 7.80. The zero-order valence-corrected chi connectivity index (χ0v) is 16.5. The molecule has 4 heteroatoms. The van der Waals surface area contributed by atoms with Crippen LogP contribution in [0.2, 0.25) is 0 Å². The minimum Gasteiger partial charge on any atom is -0.351 e. The Morgan fingerprint density at radius 2 is 1.74 bits per heavy atom. The molecule has 144 valence electrons. The van der Waals surface area contributed by atoms with Gasteiger partial charge in [-0.15, -0.1) is 0 Å². The topological polar surface area (TPSA) is 35.6 Å². The maximum Gasteiger partial charge on any atom is 0.234 e. The summed E-state index contributed by atoms with van der Waals surface area (Å²) >= 11 is 0. The number of benzene rings is 2. The second kappa shape index (κ2) is 9.67. The standard InChI is InChI=1S/C23H31N3O/c1-25(2)17-20-8-6-7-19(15-20)16-24-23(27)18-26-13-11-22(12-14-26)21-9-4-3-5-10-21/h3-10,15,22H,11-14,16-18H2,1-2H3,(H,24,27). The molecule has 2 aromatic carbocycles. The minimum absolute atomic E-state index is 0.117. The van der Waals surface area contributed by atoms with Crippen molar-refractivity contribution in [1.82, 2.24) is 15.1 Å². The van der Waals surface area contributed by atoms with E-state index >= 15 is 0 Å². The maximum atomic E-state index is 12.3. The summed E-state index contributed by atoms with van der Waals surface area (Å²) in [5.74, 6) is 0.746. The molecule has 1 aliphatic heterocycles. The predicted octanol–water partition coefficient (Wildman–Crippen LogP) is 3.24. The summed E-state index contributed by atoms with van der Waals surface area (Å²) in [5.41, 5.74) is 3.86. The first kappa shape index (κ1) is 19.6. The van der Waals surface area contributed by atoms with Gasteiger partial charge in [0.25, 0.3) is 0 Å². The van der Waals surface area contributed by atoms with Gasteiger partial charge in [0, 0.05) is 13.1 Å². The van der Waals surface area contributed by atoms with Crippen LogP contribution in [-0.4, -0.2) is 49.4 Å². The van der Waals surface area contributed by atoms with Gasteiger partial charge < -0.3 is 10.2 Å². The normalized spacial score (nSPS) is 15.8. The number of carbonyl (C=O) groups excluding carboxylic acids is 1. The lowest BCUT2D eigenvalue weighted by atomic mass is 9.89. The highest BCUT2D eigenvalue weighted by Gasteiger charge is 2.21. The number of nitrogens with zero attached hydrogens (tertiary/aromatic N) is 2. The third-order valence-corrected chi connectivity index (χ3v) is 5.21. The van der Waals surface area contributed by atoms with Crippen LogP contribution >= 0.6 is 0 Å². The van der Waals surface area contributed by atoms with E-state index in [4.69, 9.17) is 0 Å². The average molecular weight is 366 g/mol. The summed E-state index contributed by atoms with van der Waals surface area (Å²) in [6, 6.07) is 19.2. The maximum absolute atomic E-state index is 12.3. The third-order valence-electron chi connectivity index (χ3n) is 5.21. The van der Waals surface area contributed by atoms with Crippen LogP contribution in [0.3, 0.4) is 0 Å². The molecule has 1 saturated heterocycles. The van der Waals surface area contributed by atoms with E-state index in [0.29, 0.717) is 19.0 Å². The molecular weight excluding hydrogens is 334 g/mol. The highest BCUT2D eigenvalue weighted by molar-refractivity contribution is 5.78. The fraction of sp³-hybridized carbons (Fsp3) is 0.435. The third kappa shape index (κ3) is 6.19. The Labute approximate surface area is 163 Å². The fourth-order valence-electron chi connectivity index (χ4n) is 3.81. The quantitative estimate of drug-likeness (QED) is 0.818. The molecule has 27 heavy (non-hydrogen) atoms.